The van der Waals surface area contributed by atoms with E-state index >= 15 is 0 Å². The monoisotopic (exact) mass is 248 g/mol. The molecule has 0 aliphatic carbocycles. The van der Waals surface area contributed by atoms with Gasteiger partial charge in [0, 0.05) is 23.3 Å². The van der Waals surface area contributed by atoms with Gasteiger partial charge in [-0.1, -0.05) is 32.0 Å². The molecule has 0 aliphatic heterocycles. The third-order valence-corrected chi connectivity index (χ3v) is 3.31. The summed E-state index contributed by atoms with van der Waals surface area (Å²) in [6.07, 6.45) is 3.67. The lowest BCUT2D eigenvalue weighted by molar-refractivity contribution is 0.865. The van der Waals surface area contributed by atoms with Gasteiger partial charge in [-0.3, -0.25) is 4.98 Å². The number of rotatable bonds is 2. The van der Waals surface area contributed by atoms with Crippen LogP contribution in [0.3, 0.4) is 0 Å². The quantitative estimate of drug-likeness (QED) is 0.671. The minimum Gasteiger partial charge on any atom is -0.264 e. The van der Waals surface area contributed by atoms with Gasteiger partial charge < -0.3 is 0 Å². The maximum Gasteiger partial charge on any atom is 0.0759 e. The number of hydrogen-bond donors (Lipinski definition) is 0. The number of aromatic nitrogens is 2. The standard InChI is InChI=1S/C17H16N2/c1-12(2)15-10-13-6-3-4-8-16(13)19-17(15)14-7-5-9-18-11-14/h3-12H,1-2H3. The van der Waals surface area contributed by atoms with Gasteiger partial charge in [0.15, 0.2) is 0 Å². The highest BCUT2D eigenvalue weighted by atomic mass is 14.7. The Kier molecular flexibility index (Phi) is 3.00. The van der Waals surface area contributed by atoms with Gasteiger partial charge >= 0.3 is 0 Å². The van der Waals surface area contributed by atoms with Gasteiger partial charge in [0.1, 0.15) is 0 Å². The molecule has 2 aromatic heterocycles. The number of pyridine rings is 2. The molecule has 3 aromatic rings. The van der Waals surface area contributed by atoms with Crippen LogP contribution in [-0.4, -0.2) is 9.97 Å². The minimum atomic E-state index is 0.437. The topological polar surface area (TPSA) is 25.8 Å². The summed E-state index contributed by atoms with van der Waals surface area (Å²) < 4.78 is 0. The molecule has 0 saturated heterocycles. The SMILES string of the molecule is CC(C)c1cc2ccccc2nc1-c1cccnc1. The molecule has 3 rings (SSSR count). The smallest absolute Gasteiger partial charge is 0.0759 e. The van der Waals surface area contributed by atoms with Gasteiger partial charge in [-0.05, 0) is 35.7 Å². The number of hydrogen-bond acceptors (Lipinski definition) is 2. The van der Waals surface area contributed by atoms with E-state index in [0.29, 0.717) is 5.92 Å². The van der Waals surface area contributed by atoms with E-state index in [9.17, 15) is 0 Å². The average molecular weight is 248 g/mol. The third-order valence-electron chi connectivity index (χ3n) is 3.31. The zero-order valence-electron chi connectivity index (χ0n) is 11.2. The van der Waals surface area contributed by atoms with Crippen LogP contribution >= 0.6 is 0 Å². The van der Waals surface area contributed by atoms with E-state index in [1.165, 1.54) is 10.9 Å². The van der Waals surface area contributed by atoms with Gasteiger partial charge in [0.2, 0.25) is 0 Å². The first-order valence-electron chi connectivity index (χ1n) is 6.56. The Morgan fingerprint density at radius 2 is 1.84 bits per heavy atom. The summed E-state index contributed by atoms with van der Waals surface area (Å²) in [5, 5.41) is 1.19. The first kappa shape index (κ1) is 11.8. The van der Waals surface area contributed by atoms with E-state index < -0.39 is 0 Å². The Morgan fingerprint density at radius 3 is 2.58 bits per heavy atom. The Labute approximate surface area is 113 Å². The summed E-state index contributed by atoms with van der Waals surface area (Å²) in [5.41, 5.74) is 4.43. The normalized spacial score (nSPS) is 11.1. The summed E-state index contributed by atoms with van der Waals surface area (Å²) >= 11 is 0. The molecule has 0 atom stereocenters. The van der Waals surface area contributed by atoms with E-state index in [0.717, 1.165) is 16.8 Å². The van der Waals surface area contributed by atoms with E-state index in [1.807, 2.05) is 18.3 Å². The fourth-order valence-electron chi connectivity index (χ4n) is 2.31. The number of benzene rings is 1. The molecule has 1 aromatic carbocycles. The first-order chi connectivity index (χ1) is 9.25. The summed E-state index contributed by atoms with van der Waals surface area (Å²) in [7, 11) is 0. The maximum atomic E-state index is 4.83. The Hall–Kier alpha value is -2.22. The van der Waals surface area contributed by atoms with Crippen LogP contribution in [-0.2, 0) is 0 Å². The van der Waals surface area contributed by atoms with Crippen LogP contribution in [0.15, 0.2) is 54.9 Å². The van der Waals surface area contributed by atoms with Crippen molar-refractivity contribution in [3.05, 3.63) is 60.4 Å². The second-order valence-corrected chi connectivity index (χ2v) is 5.02. The fourth-order valence-corrected chi connectivity index (χ4v) is 2.31. The summed E-state index contributed by atoms with van der Waals surface area (Å²) in [6.45, 7) is 4.40. The van der Waals surface area contributed by atoms with Gasteiger partial charge in [-0.2, -0.15) is 0 Å². The summed E-state index contributed by atoms with van der Waals surface area (Å²) in [5.74, 6) is 0.437. The van der Waals surface area contributed by atoms with Crippen LogP contribution in [0.4, 0.5) is 0 Å². The van der Waals surface area contributed by atoms with Gasteiger partial charge in [-0.25, -0.2) is 4.98 Å². The van der Waals surface area contributed by atoms with Crippen LogP contribution in [0.1, 0.15) is 25.3 Å². The summed E-state index contributed by atoms with van der Waals surface area (Å²) in [6, 6.07) is 14.5. The van der Waals surface area contributed by atoms with Gasteiger partial charge in [0.25, 0.3) is 0 Å². The molecule has 0 fully saturated rings. The molecular weight excluding hydrogens is 232 g/mol. The molecular formula is C17H16N2. The molecule has 0 radical (unpaired) electrons. The highest BCUT2D eigenvalue weighted by Crippen LogP contribution is 2.30. The van der Waals surface area contributed by atoms with Crippen molar-refractivity contribution < 1.29 is 0 Å². The van der Waals surface area contributed by atoms with Crippen molar-refractivity contribution in [2.24, 2.45) is 0 Å². The van der Waals surface area contributed by atoms with Crippen LogP contribution < -0.4 is 0 Å². The predicted molar refractivity (Wildman–Crippen MR) is 79.1 cm³/mol. The van der Waals surface area contributed by atoms with Crippen molar-refractivity contribution >= 4 is 10.9 Å². The van der Waals surface area contributed by atoms with Crippen LogP contribution in [0.5, 0.6) is 0 Å². The van der Waals surface area contributed by atoms with Crippen LogP contribution in [0, 0.1) is 0 Å². The van der Waals surface area contributed by atoms with E-state index in [4.69, 9.17) is 4.98 Å². The Bertz CT molecular complexity index is 703. The zero-order chi connectivity index (χ0) is 13.2. The fraction of sp³-hybridized carbons (Fsp3) is 0.176. The number of fused-ring (bicyclic) bond motifs is 1. The Balaban J connectivity index is 2.30. The lowest BCUT2D eigenvalue weighted by atomic mass is 9.96. The van der Waals surface area contributed by atoms with Crippen molar-refractivity contribution in [3.8, 4) is 11.3 Å². The predicted octanol–water partition coefficient (Wildman–Crippen LogP) is 4.42. The molecule has 0 amide bonds. The molecule has 0 spiro atoms. The molecule has 2 heteroatoms. The van der Waals surface area contributed by atoms with E-state index in [-0.39, 0.29) is 0 Å². The minimum absolute atomic E-state index is 0.437. The van der Waals surface area contributed by atoms with Crippen molar-refractivity contribution in [1.29, 1.82) is 0 Å². The average Bonchev–Trinajstić information content (AvgIpc) is 2.46. The number of para-hydroxylation sites is 1. The van der Waals surface area contributed by atoms with Crippen molar-refractivity contribution in [2.45, 2.75) is 19.8 Å². The molecule has 0 unspecified atom stereocenters. The lowest BCUT2D eigenvalue weighted by Crippen LogP contribution is -1.97. The lowest BCUT2D eigenvalue weighted by Gasteiger charge is -2.13. The van der Waals surface area contributed by atoms with Crippen molar-refractivity contribution in [3.63, 3.8) is 0 Å². The third kappa shape index (κ3) is 2.22. The van der Waals surface area contributed by atoms with Crippen molar-refractivity contribution in [1.82, 2.24) is 9.97 Å². The molecule has 0 bridgehead atoms. The Morgan fingerprint density at radius 1 is 1.00 bits per heavy atom. The maximum absolute atomic E-state index is 4.83. The largest absolute Gasteiger partial charge is 0.264 e. The molecule has 0 aliphatic rings. The highest BCUT2D eigenvalue weighted by Gasteiger charge is 2.11. The van der Waals surface area contributed by atoms with E-state index in [2.05, 4.69) is 49.2 Å². The molecule has 0 N–H and O–H groups in total. The van der Waals surface area contributed by atoms with Gasteiger partial charge in [-0.15, -0.1) is 0 Å². The molecule has 19 heavy (non-hydrogen) atoms. The van der Waals surface area contributed by atoms with Crippen LogP contribution in [0.25, 0.3) is 22.2 Å². The molecule has 0 saturated carbocycles. The molecule has 2 heterocycles. The molecule has 94 valence electrons. The first-order valence-corrected chi connectivity index (χ1v) is 6.56. The summed E-state index contributed by atoms with van der Waals surface area (Å²) in [4.78, 5) is 9.03. The second-order valence-electron chi connectivity index (χ2n) is 5.02. The zero-order valence-corrected chi connectivity index (χ0v) is 11.2. The van der Waals surface area contributed by atoms with Gasteiger partial charge in [0.05, 0.1) is 11.2 Å². The van der Waals surface area contributed by atoms with Crippen LogP contribution in [0.2, 0.25) is 0 Å². The van der Waals surface area contributed by atoms with E-state index in [1.54, 1.807) is 6.20 Å². The number of nitrogens with zero attached hydrogens (tertiary/aromatic N) is 2. The molecule has 2 nitrogen and oxygen atoms in total. The van der Waals surface area contributed by atoms with Crippen molar-refractivity contribution in [2.75, 3.05) is 0 Å². The highest BCUT2D eigenvalue weighted by molar-refractivity contribution is 5.83. The second kappa shape index (κ2) is 4.81.